The highest BCUT2D eigenvalue weighted by atomic mass is 16.5. The maximum Gasteiger partial charge on any atom is 0.320 e. The van der Waals surface area contributed by atoms with E-state index in [1.165, 1.54) is 25.7 Å². The Morgan fingerprint density at radius 2 is 2.14 bits per heavy atom. The van der Waals surface area contributed by atoms with Crippen LogP contribution in [-0.2, 0) is 6.54 Å². The summed E-state index contributed by atoms with van der Waals surface area (Å²) in [6.45, 7) is 5.37. The van der Waals surface area contributed by atoms with Crippen LogP contribution in [0.3, 0.4) is 0 Å². The number of unbranched alkanes of at least 4 members (excludes halogenated alkanes) is 1. The fourth-order valence-corrected chi connectivity index (χ4v) is 2.83. The quantitative estimate of drug-likeness (QED) is 0.883. The molecule has 113 valence electrons. The Balaban J connectivity index is 1.78. The average molecular weight is 288 g/mol. The van der Waals surface area contributed by atoms with Gasteiger partial charge in [-0.25, -0.2) is 4.98 Å². The second-order valence-corrected chi connectivity index (χ2v) is 5.67. The summed E-state index contributed by atoms with van der Waals surface area (Å²) in [7, 11) is 0. The fourth-order valence-electron chi connectivity index (χ4n) is 2.83. The van der Waals surface area contributed by atoms with Gasteiger partial charge >= 0.3 is 6.01 Å². The van der Waals surface area contributed by atoms with Crippen LogP contribution in [-0.4, -0.2) is 26.1 Å². The zero-order chi connectivity index (χ0) is 14.7. The van der Waals surface area contributed by atoms with E-state index in [0.29, 0.717) is 29.9 Å². The first-order chi connectivity index (χ1) is 10.3. The highest BCUT2D eigenvalue weighted by molar-refractivity contribution is 5.81. The van der Waals surface area contributed by atoms with Crippen molar-refractivity contribution in [1.82, 2.24) is 19.5 Å². The molecule has 1 saturated carbocycles. The van der Waals surface area contributed by atoms with Crippen molar-refractivity contribution >= 4 is 17.0 Å². The number of rotatable bonds is 6. The summed E-state index contributed by atoms with van der Waals surface area (Å²) in [5, 5.41) is 0. The van der Waals surface area contributed by atoms with E-state index in [1.54, 1.807) is 6.33 Å². The van der Waals surface area contributed by atoms with Crippen LogP contribution in [0.4, 0.5) is 5.82 Å². The third-order valence-corrected chi connectivity index (χ3v) is 4.04. The zero-order valence-electron chi connectivity index (χ0n) is 12.3. The number of hydrogen-bond acceptors (Lipinski definition) is 5. The van der Waals surface area contributed by atoms with Gasteiger partial charge in [0.05, 0.1) is 12.9 Å². The van der Waals surface area contributed by atoms with Crippen molar-refractivity contribution in [3.63, 3.8) is 0 Å². The van der Waals surface area contributed by atoms with Crippen molar-refractivity contribution in [2.75, 3.05) is 12.3 Å². The number of fused-ring (bicyclic) bond motifs is 1. The summed E-state index contributed by atoms with van der Waals surface area (Å²) in [6.07, 6.45) is 8.69. The average Bonchev–Trinajstić information content (AvgIpc) is 3.13. The van der Waals surface area contributed by atoms with Gasteiger partial charge in [0, 0.05) is 6.54 Å². The molecule has 2 N–H and O–H groups in total. The Kier molecular flexibility index (Phi) is 4.22. The third kappa shape index (κ3) is 3.09. The van der Waals surface area contributed by atoms with E-state index in [4.69, 9.17) is 10.5 Å². The van der Waals surface area contributed by atoms with E-state index in [1.807, 2.05) is 4.57 Å². The van der Waals surface area contributed by atoms with Crippen LogP contribution >= 0.6 is 0 Å². The van der Waals surface area contributed by atoms with E-state index < -0.39 is 0 Å². The minimum atomic E-state index is 0.364. The van der Waals surface area contributed by atoms with Gasteiger partial charge in [0.1, 0.15) is 5.52 Å². The second-order valence-electron chi connectivity index (χ2n) is 5.67. The topological polar surface area (TPSA) is 78.9 Å². The summed E-state index contributed by atoms with van der Waals surface area (Å²) >= 11 is 0. The number of imidazole rings is 1. The lowest BCUT2D eigenvalue weighted by Gasteiger charge is -2.10. The van der Waals surface area contributed by atoms with Gasteiger partial charge in [-0.05, 0) is 25.2 Å². The van der Waals surface area contributed by atoms with E-state index in [-0.39, 0.29) is 0 Å². The maximum absolute atomic E-state index is 5.96. The molecule has 0 saturated heterocycles. The van der Waals surface area contributed by atoms with E-state index in [2.05, 4.69) is 21.9 Å². The van der Waals surface area contributed by atoms with Crippen molar-refractivity contribution in [3.8, 4) is 6.01 Å². The molecule has 0 bridgehead atoms. The van der Waals surface area contributed by atoms with Crippen molar-refractivity contribution in [1.29, 1.82) is 0 Å². The van der Waals surface area contributed by atoms with Gasteiger partial charge in [-0.15, -0.1) is 0 Å². The van der Waals surface area contributed by atoms with Crippen LogP contribution in [0.25, 0.3) is 11.2 Å². The fraction of sp³-hybridized carbons (Fsp3) is 0.600. The lowest BCUT2D eigenvalue weighted by Crippen LogP contribution is -2.11. The first-order valence-corrected chi connectivity index (χ1v) is 7.68. The predicted molar refractivity (Wildman–Crippen MR) is 81.8 cm³/mol. The number of anilines is 1. The summed E-state index contributed by atoms with van der Waals surface area (Å²) in [5.41, 5.74) is 7.36. The Labute approximate surface area is 124 Å². The number of hydrogen-bond donors (Lipinski definition) is 1. The Bertz CT molecular complexity index is 603. The molecule has 0 atom stereocenters. The Morgan fingerprint density at radius 1 is 1.33 bits per heavy atom. The Hall–Kier alpha value is -1.85. The van der Waals surface area contributed by atoms with Gasteiger partial charge in [0.2, 0.25) is 0 Å². The van der Waals surface area contributed by atoms with Crippen molar-refractivity contribution < 1.29 is 4.74 Å². The van der Waals surface area contributed by atoms with Crippen LogP contribution in [0, 0.1) is 12.8 Å². The molecule has 3 rings (SSSR count). The first kappa shape index (κ1) is 14.1. The molecule has 2 aromatic heterocycles. The van der Waals surface area contributed by atoms with E-state index in [9.17, 15) is 0 Å². The SMILES string of the molecule is [CH2]CCCn1cnc2c(N)nc(OCC3CCCC3)nc21. The zero-order valence-corrected chi connectivity index (χ0v) is 12.3. The smallest absolute Gasteiger partial charge is 0.320 e. The molecular weight excluding hydrogens is 266 g/mol. The number of nitrogens with two attached hydrogens (primary N) is 1. The number of aryl methyl sites for hydroxylation is 1. The van der Waals surface area contributed by atoms with Crippen LogP contribution < -0.4 is 10.5 Å². The van der Waals surface area contributed by atoms with Gasteiger partial charge in [-0.2, -0.15) is 9.97 Å². The normalized spacial score (nSPS) is 15.9. The number of ether oxygens (including phenoxy) is 1. The summed E-state index contributed by atoms with van der Waals surface area (Å²) in [6, 6.07) is 0.364. The molecule has 6 heteroatoms. The number of nitrogens with zero attached hydrogens (tertiary/aromatic N) is 4. The van der Waals surface area contributed by atoms with Gasteiger partial charge in [-0.1, -0.05) is 26.2 Å². The standard InChI is InChI=1S/C15H22N5O/c1-2-3-8-20-10-17-12-13(16)18-15(19-14(12)20)21-9-11-6-4-5-7-11/h10-11H,1-9H2,(H2,16,18,19). The van der Waals surface area contributed by atoms with Gasteiger partial charge < -0.3 is 15.0 Å². The van der Waals surface area contributed by atoms with Gasteiger partial charge in [0.15, 0.2) is 11.5 Å². The molecule has 0 unspecified atom stereocenters. The van der Waals surface area contributed by atoms with Crippen LogP contribution in [0.1, 0.15) is 38.5 Å². The molecule has 0 aromatic carbocycles. The highest BCUT2D eigenvalue weighted by Crippen LogP contribution is 2.26. The predicted octanol–water partition coefficient (Wildman–Crippen LogP) is 2.59. The van der Waals surface area contributed by atoms with Crippen molar-refractivity contribution in [3.05, 3.63) is 13.3 Å². The van der Waals surface area contributed by atoms with Crippen molar-refractivity contribution in [2.24, 2.45) is 5.92 Å². The van der Waals surface area contributed by atoms with Crippen LogP contribution in [0.2, 0.25) is 0 Å². The first-order valence-electron chi connectivity index (χ1n) is 7.68. The molecule has 2 aromatic rings. The molecule has 0 spiro atoms. The van der Waals surface area contributed by atoms with Gasteiger partial charge in [0.25, 0.3) is 0 Å². The molecule has 21 heavy (non-hydrogen) atoms. The summed E-state index contributed by atoms with van der Waals surface area (Å²) in [4.78, 5) is 13.0. The molecule has 0 aliphatic heterocycles. The summed E-state index contributed by atoms with van der Waals surface area (Å²) < 4.78 is 7.74. The molecular formula is C15H22N5O. The Morgan fingerprint density at radius 3 is 2.90 bits per heavy atom. The maximum atomic E-state index is 5.96. The molecule has 1 radical (unpaired) electrons. The monoisotopic (exact) mass is 288 g/mol. The third-order valence-electron chi connectivity index (χ3n) is 4.04. The second kappa shape index (κ2) is 6.28. The highest BCUT2D eigenvalue weighted by Gasteiger charge is 2.17. The minimum Gasteiger partial charge on any atom is -0.463 e. The molecule has 0 amide bonds. The van der Waals surface area contributed by atoms with Crippen molar-refractivity contribution in [2.45, 2.75) is 45.1 Å². The lowest BCUT2D eigenvalue weighted by molar-refractivity contribution is 0.235. The number of aromatic nitrogens is 4. The summed E-state index contributed by atoms with van der Waals surface area (Å²) in [5.74, 6) is 1.01. The minimum absolute atomic E-state index is 0.364. The molecule has 1 aliphatic carbocycles. The van der Waals surface area contributed by atoms with E-state index in [0.717, 1.165) is 25.0 Å². The van der Waals surface area contributed by atoms with Crippen LogP contribution in [0.5, 0.6) is 6.01 Å². The molecule has 1 fully saturated rings. The van der Waals surface area contributed by atoms with E-state index >= 15 is 0 Å². The lowest BCUT2D eigenvalue weighted by atomic mass is 10.1. The molecule has 2 heterocycles. The molecule has 6 nitrogen and oxygen atoms in total. The van der Waals surface area contributed by atoms with Crippen LogP contribution in [0.15, 0.2) is 6.33 Å². The number of nitrogen functional groups attached to an aromatic ring is 1. The largest absolute Gasteiger partial charge is 0.463 e. The molecule has 1 aliphatic rings. The van der Waals surface area contributed by atoms with Gasteiger partial charge in [-0.3, -0.25) is 0 Å².